The van der Waals surface area contributed by atoms with Gasteiger partial charge >= 0.3 is 23.1 Å². The monoisotopic (exact) mass is 212 g/mol. The van der Waals surface area contributed by atoms with Gasteiger partial charge in [-0.15, -0.1) is 0 Å². The summed E-state index contributed by atoms with van der Waals surface area (Å²) in [6.07, 6.45) is 0. The molecular weight excluding hydrogens is 200 g/mol. The van der Waals surface area contributed by atoms with E-state index in [1.54, 1.807) is 20.3 Å². The molecule has 0 aliphatic carbocycles. The molecule has 0 N–H and O–H groups in total. The summed E-state index contributed by atoms with van der Waals surface area (Å²) in [6.45, 7) is 1.91. The molecule has 0 saturated heterocycles. The van der Waals surface area contributed by atoms with Gasteiger partial charge in [0.15, 0.2) is 0 Å². The van der Waals surface area contributed by atoms with Crippen LogP contribution in [0.15, 0.2) is 12.1 Å². The van der Waals surface area contributed by atoms with E-state index in [-0.39, 0.29) is 23.1 Å². The van der Waals surface area contributed by atoms with Crippen LogP contribution in [-0.2, 0) is 0 Å². The maximum absolute atomic E-state index is 5.94. The zero-order valence-corrected chi connectivity index (χ0v) is 8.11. The van der Waals surface area contributed by atoms with Crippen LogP contribution in [0.4, 0.5) is 0 Å². The minimum Gasteiger partial charge on any atom is -0.497 e. The Balaban J connectivity index is 0.00000144. The maximum Gasteiger partial charge on any atom is 0.316 e. The van der Waals surface area contributed by atoms with Crippen molar-refractivity contribution in [3.05, 3.63) is 22.7 Å². The van der Waals surface area contributed by atoms with Crippen molar-refractivity contribution in [1.29, 1.82) is 0 Å². The van der Waals surface area contributed by atoms with Crippen molar-refractivity contribution in [1.82, 2.24) is 0 Å². The van der Waals surface area contributed by atoms with Crippen molar-refractivity contribution in [2.45, 2.75) is 6.92 Å². The molecule has 13 heavy (non-hydrogen) atoms. The first-order chi connectivity index (χ1) is 5.69. The summed E-state index contributed by atoms with van der Waals surface area (Å²) in [5.74, 6) is 1.40. The molecule has 4 heteroatoms. The SMILES string of the molecule is COc1cc(C)c(Cl)c(OC)c1.[MgH2]. The minimum absolute atomic E-state index is 0. The van der Waals surface area contributed by atoms with E-state index in [0.29, 0.717) is 10.8 Å². The Bertz CT molecular complexity index is 289. The molecule has 0 unspecified atom stereocenters. The second-order valence-electron chi connectivity index (χ2n) is 2.46. The highest BCUT2D eigenvalue weighted by atomic mass is 35.5. The predicted molar refractivity (Wildman–Crippen MR) is 57.8 cm³/mol. The summed E-state index contributed by atoms with van der Waals surface area (Å²) in [5, 5.41) is 0.637. The number of halogens is 1. The molecule has 0 fully saturated rings. The maximum atomic E-state index is 5.94. The third-order valence-electron chi connectivity index (χ3n) is 1.65. The highest BCUT2D eigenvalue weighted by Crippen LogP contribution is 2.32. The van der Waals surface area contributed by atoms with Crippen LogP contribution in [0.1, 0.15) is 5.56 Å². The average Bonchev–Trinajstić information content (AvgIpc) is 2.09. The smallest absolute Gasteiger partial charge is 0.316 e. The largest absolute Gasteiger partial charge is 0.497 e. The van der Waals surface area contributed by atoms with Gasteiger partial charge in [0.25, 0.3) is 0 Å². The van der Waals surface area contributed by atoms with E-state index in [1.807, 2.05) is 13.0 Å². The number of benzene rings is 1. The predicted octanol–water partition coefficient (Wildman–Crippen LogP) is 1.75. The highest BCUT2D eigenvalue weighted by Gasteiger charge is 2.05. The number of aryl methyl sites for hydroxylation is 1. The lowest BCUT2D eigenvalue weighted by atomic mass is 10.2. The van der Waals surface area contributed by atoms with E-state index in [9.17, 15) is 0 Å². The molecule has 0 atom stereocenters. The van der Waals surface area contributed by atoms with Crippen LogP contribution in [-0.4, -0.2) is 37.3 Å². The molecule has 0 aliphatic rings. The van der Waals surface area contributed by atoms with Crippen molar-refractivity contribution in [2.24, 2.45) is 0 Å². The molecule has 0 amide bonds. The number of methoxy groups -OCH3 is 2. The lowest BCUT2D eigenvalue weighted by Crippen LogP contribution is -1.89. The summed E-state index contributed by atoms with van der Waals surface area (Å²) < 4.78 is 10.1. The zero-order chi connectivity index (χ0) is 9.14. The van der Waals surface area contributed by atoms with Crippen molar-refractivity contribution in [3.8, 4) is 11.5 Å². The summed E-state index contributed by atoms with van der Waals surface area (Å²) in [5.41, 5.74) is 0.952. The average molecular weight is 213 g/mol. The fourth-order valence-corrected chi connectivity index (χ4v) is 1.16. The fraction of sp³-hybridized carbons (Fsp3) is 0.333. The van der Waals surface area contributed by atoms with Crippen LogP contribution in [0, 0.1) is 6.92 Å². The molecule has 0 aromatic heterocycles. The van der Waals surface area contributed by atoms with E-state index >= 15 is 0 Å². The number of hydrogen-bond acceptors (Lipinski definition) is 2. The molecule has 2 nitrogen and oxygen atoms in total. The molecule has 0 saturated carbocycles. The molecule has 1 rings (SSSR count). The van der Waals surface area contributed by atoms with Crippen molar-refractivity contribution in [3.63, 3.8) is 0 Å². The Morgan fingerprint density at radius 1 is 1.15 bits per heavy atom. The molecule has 1 aromatic rings. The van der Waals surface area contributed by atoms with Crippen LogP contribution < -0.4 is 9.47 Å². The van der Waals surface area contributed by atoms with E-state index in [2.05, 4.69) is 0 Å². The van der Waals surface area contributed by atoms with Crippen LogP contribution in [0.3, 0.4) is 0 Å². The van der Waals surface area contributed by atoms with Gasteiger partial charge < -0.3 is 9.47 Å². The van der Waals surface area contributed by atoms with Crippen LogP contribution >= 0.6 is 11.6 Å². The number of rotatable bonds is 2. The molecule has 70 valence electrons. The van der Waals surface area contributed by atoms with Gasteiger partial charge in [-0.05, 0) is 18.6 Å². The van der Waals surface area contributed by atoms with E-state index < -0.39 is 0 Å². The summed E-state index contributed by atoms with van der Waals surface area (Å²) in [4.78, 5) is 0. The second kappa shape index (κ2) is 5.57. The van der Waals surface area contributed by atoms with Crippen LogP contribution in [0.5, 0.6) is 11.5 Å². The third kappa shape index (κ3) is 2.93. The van der Waals surface area contributed by atoms with Gasteiger partial charge in [-0.3, -0.25) is 0 Å². The Labute approximate surface area is 99.3 Å². The Kier molecular flexibility index (Phi) is 5.52. The van der Waals surface area contributed by atoms with Crippen LogP contribution in [0.2, 0.25) is 5.02 Å². The first-order valence-corrected chi connectivity index (χ1v) is 3.95. The Morgan fingerprint density at radius 3 is 2.23 bits per heavy atom. The van der Waals surface area contributed by atoms with Gasteiger partial charge in [-0.1, -0.05) is 11.6 Å². The first-order valence-electron chi connectivity index (χ1n) is 3.57. The highest BCUT2D eigenvalue weighted by molar-refractivity contribution is 6.32. The second-order valence-corrected chi connectivity index (χ2v) is 2.84. The lowest BCUT2D eigenvalue weighted by molar-refractivity contribution is 0.394. The lowest BCUT2D eigenvalue weighted by Gasteiger charge is -2.08. The summed E-state index contributed by atoms with van der Waals surface area (Å²) in [7, 11) is 3.20. The van der Waals surface area contributed by atoms with E-state index in [4.69, 9.17) is 21.1 Å². The molecule has 0 radical (unpaired) electrons. The summed E-state index contributed by atoms with van der Waals surface area (Å²) in [6, 6.07) is 3.63. The molecule has 0 heterocycles. The zero-order valence-electron chi connectivity index (χ0n) is 7.35. The molecule has 0 spiro atoms. The summed E-state index contributed by atoms with van der Waals surface area (Å²) >= 11 is 5.94. The first kappa shape index (κ1) is 12.9. The van der Waals surface area contributed by atoms with Gasteiger partial charge in [-0.2, -0.15) is 0 Å². The number of ether oxygens (including phenoxy) is 2. The quantitative estimate of drug-likeness (QED) is 0.696. The number of hydrogen-bond donors (Lipinski definition) is 0. The van der Waals surface area contributed by atoms with Crippen molar-refractivity contribution < 1.29 is 9.47 Å². The van der Waals surface area contributed by atoms with Gasteiger partial charge in [-0.25, -0.2) is 0 Å². The van der Waals surface area contributed by atoms with E-state index in [1.165, 1.54) is 0 Å². The van der Waals surface area contributed by atoms with Gasteiger partial charge in [0.05, 0.1) is 19.2 Å². The molecule has 1 aromatic carbocycles. The van der Waals surface area contributed by atoms with Gasteiger partial charge in [0.2, 0.25) is 0 Å². The third-order valence-corrected chi connectivity index (χ3v) is 2.13. The van der Waals surface area contributed by atoms with Crippen molar-refractivity contribution in [2.75, 3.05) is 14.2 Å². The molecular formula is C9H13ClMgO2. The standard InChI is InChI=1S/C9H11ClO2.Mg.2H/c1-6-4-7(11-2)5-8(12-3)9(6)10;;;/h4-5H,1-3H3;;;. The van der Waals surface area contributed by atoms with Crippen molar-refractivity contribution >= 4 is 34.7 Å². The van der Waals surface area contributed by atoms with Gasteiger partial charge in [0, 0.05) is 6.07 Å². The fourth-order valence-electron chi connectivity index (χ4n) is 0.972. The Morgan fingerprint density at radius 2 is 1.77 bits per heavy atom. The topological polar surface area (TPSA) is 18.5 Å². The molecule has 0 bridgehead atoms. The van der Waals surface area contributed by atoms with E-state index in [0.717, 1.165) is 11.3 Å². The molecule has 0 aliphatic heterocycles. The Hall–Kier alpha value is -0.124. The van der Waals surface area contributed by atoms with Crippen LogP contribution in [0.25, 0.3) is 0 Å². The van der Waals surface area contributed by atoms with Gasteiger partial charge in [0.1, 0.15) is 11.5 Å². The minimum atomic E-state index is 0. The normalized spacial score (nSPS) is 8.92.